The van der Waals surface area contributed by atoms with E-state index in [-0.39, 0.29) is 24.1 Å². The molecule has 2 aromatic heterocycles. The van der Waals surface area contributed by atoms with Gasteiger partial charge in [0.2, 0.25) is 5.91 Å². The zero-order chi connectivity index (χ0) is 17.1. The Morgan fingerprint density at radius 3 is 2.88 bits per heavy atom. The average Bonchev–Trinajstić information content (AvgIpc) is 3.06. The lowest BCUT2D eigenvalue weighted by atomic mass is 10.2. The second kappa shape index (κ2) is 6.61. The largest absolute Gasteiger partial charge is 0.345 e. The molecule has 3 aromatic rings. The number of amides is 1. The molecule has 0 radical (unpaired) electrons. The molecule has 2 heterocycles. The zero-order valence-electron chi connectivity index (χ0n) is 13.5. The lowest BCUT2D eigenvalue weighted by molar-refractivity contribution is -0.122. The number of nitrogens with zero attached hydrogens (tertiary/aromatic N) is 5. The van der Waals surface area contributed by atoms with Crippen molar-refractivity contribution in [2.24, 2.45) is 0 Å². The Labute approximate surface area is 138 Å². The van der Waals surface area contributed by atoms with Crippen LogP contribution in [-0.4, -0.2) is 30.2 Å². The number of hydrogen-bond donors (Lipinski definition) is 1. The number of aromatic nitrogens is 5. The van der Waals surface area contributed by atoms with Crippen LogP contribution in [0.25, 0.3) is 10.9 Å². The van der Waals surface area contributed by atoms with Crippen molar-refractivity contribution in [2.75, 3.05) is 0 Å². The highest BCUT2D eigenvalue weighted by atomic mass is 16.2. The predicted octanol–water partition coefficient (Wildman–Crippen LogP) is 0.885. The normalized spacial score (nSPS) is 12.2. The van der Waals surface area contributed by atoms with Gasteiger partial charge in [0.1, 0.15) is 18.7 Å². The predicted molar refractivity (Wildman–Crippen MR) is 88.3 cm³/mol. The van der Waals surface area contributed by atoms with Crippen molar-refractivity contribution in [2.45, 2.75) is 33.0 Å². The lowest BCUT2D eigenvalue weighted by Gasteiger charge is -2.14. The minimum atomic E-state index is -0.302. The van der Waals surface area contributed by atoms with Gasteiger partial charge in [-0.05, 0) is 26.0 Å². The molecule has 0 aliphatic rings. The summed E-state index contributed by atoms with van der Waals surface area (Å²) < 4.78 is 3.02. The summed E-state index contributed by atoms with van der Waals surface area (Å²) in [5.41, 5.74) is 0.378. The number of nitrogens with one attached hydrogen (secondary N) is 1. The third kappa shape index (κ3) is 3.03. The molecule has 0 bridgehead atoms. The van der Waals surface area contributed by atoms with E-state index in [2.05, 4.69) is 20.4 Å². The van der Waals surface area contributed by atoms with Gasteiger partial charge < -0.3 is 5.32 Å². The number of hydrogen-bond acceptors (Lipinski definition) is 5. The van der Waals surface area contributed by atoms with E-state index in [1.807, 2.05) is 19.9 Å². The summed E-state index contributed by atoms with van der Waals surface area (Å²) in [6.45, 7) is 4.35. The highest BCUT2D eigenvalue weighted by Gasteiger charge is 2.16. The molecular formula is C16H18N6O2. The van der Waals surface area contributed by atoms with Crippen molar-refractivity contribution >= 4 is 16.8 Å². The molecule has 0 saturated carbocycles. The Balaban J connectivity index is 1.76. The van der Waals surface area contributed by atoms with E-state index in [1.54, 1.807) is 22.9 Å². The summed E-state index contributed by atoms with van der Waals surface area (Å²) in [7, 11) is 0. The number of carbonyl (C=O) groups is 1. The maximum atomic E-state index is 12.4. The van der Waals surface area contributed by atoms with E-state index < -0.39 is 0 Å². The van der Waals surface area contributed by atoms with Gasteiger partial charge in [-0.1, -0.05) is 12.1 Å². The number of carbonyl (C=O) groups excluding carboxylic acids is 1. The van der Waals surface area contributed by atoms with Crippen LogP contribution >= 0.6 is 0 Å². The fourth-order valence-electron chi connectivity index (χ4n) is 2.58. The van der Waals surface area contributed by atoms with Gasteiger partial charge >= 0.3 is 0 Å². The van der Waals surface area contributed by atoms with Gasteiger partial charge in [0.05, 0.1) is 23.3 Å². The second-order valence-corrected chi connectivity index (χ2v) is 5.42. The van der Waals surface area contributed by atoms with Crippen molar-refractivity contribution in [3.63, 3.8) is 0 Å². The van der Waals surface area contributed by atoms with Gasteiger partial charge in [0.15, 0.2) is 0 Å². The first kappa shape index (κ1) is 15.9. The van der Waals surface area contributed by atoms with E-state index in [0.29, 0.717) is 23.3 Å². The fraction of sp³-hybridized carbons (Fsp3) is 0.312. The van der Waals surface area contributed by atoms with Gasteiger partial charge in [-0.15, -0.1) is 0 Å². The molecule has 0 saturated heterocycles. The van der Waals surface area contributed by atoms with E-state index in [0.717, 1.165) is 0 Å². The van der Waals surface area contributed by atoms with E-state index in [9.17, 15) is 9.59 Å². The van der Waals surface area contributed by atoms with Gasteiger partial charge in [0.25, 0.3) is 5.56 Å². The summed E-state index contributed by atoms with van der Waals surface area (Å²) in [6.07, 6.45) is 2.85. The van der Waals surface area contributed by atoms with Crippen molar-refractivity contribution in [3.05, 3.63) is 53.1 Å². The first-order valence-electron chi connectivity index (χ1n) is 7.71. The van der Waals surface area contributed by atoms with Crippen LogP contribution in [0.2, 0.25) is 0 Å². The molecule has 3 rings (SSSR count). The molecule has 24 heavy (non-hydrogen) atoms. The van der Waals surface area contributed by atoms with Gasteiger partial charge in [0, 0.05) is 6.54 Å². The molecule has 1 N–H and O–H groups in total. The van der Waals surface area contributed by atoms with Crippen LogP contribution in [0.15, 0.2) is 41.7 Å². The molecule has 0 fully saturated rings. The Morgan fingerprint density at radius 1 is 1.29 bits per heavy atom. The first-order chi connectivity index (χ1) is 11.6. The molecule has 1 aromatic carbocycles. The summed E-state index contributed by atoms with van der Waals surface area (Å²) >= 11 is 0. The summed E-state index contributed by atoms with van der Waals surface area (Å²) in [5.74, 6) is 0.391. The summed E-state index contributed by atoms with van der Waals surface area (Å²) in [5, 5.41) is 7.41. The minimum Gasteiger partial charge on any atom is -0.345 e. The fourth-order valence-corrected chi connectivity index (χ4v) is 2.58. The summed E-state index contributed by atoms with van der Waals surface area (Å²) in [4.78, 5) is 33.0. The van der Waals surface area contributed by atoms with Crippen LogP contribution in [0, 0.1) is 0 Å². The summed E-state index contributed by atoms with van der Waals surface area (Å²) in [6, 6.07) is 6.75. The third-order valence-electron chi connectivity index (χ3n) is 3.76. The minimum absolute atomic E-state index is 0.0960. The van der Waals surface area contributed by atoms with Crippen LogP contribution < -0.4 is 10.9 Å². The van der Waals surface area contributed by atoms with Crippen LogP contribution in [-0.2, 0) is 17.9 Å². The Morgan fingerprint density at radius 2 is 2.08 bits per heavy atom. The number of rotatable bonds is 5. The molecular weight excluding hydrogens is 308 g/mol. The van der Waals surface area contributed by atoms with E-state index in [1.165, 1.54) is 17.2 Å². The highest BCUT2D eigenvalue weighted by molar-refractivity contribution is 5.79. The van der Waals surface area contributed by atoms with Crippen LogP contribution in [0.5, 0.6) is 0 Å². The molecule has 0 unspecified atom stereocenters. The van der Waals surface area contributed by atoms with Crippen molar-refractivity contribution < 1.29 is 4.79 Å². The third-order valence-corrected chi connectivity index (χ3v) is 3.76. The lowest BCUT2D eigenvalue weighted by Crippen LogP contribution is -2.34. The molecule has 124 valence electrons. The topological polar surface area (TPSA) is 94.7 Å². The van der Waals surface area contributed by atoms with E-state index in [4.69, 9.17) is 0 Å². The van der Waals surface area contributed by atoms with Crippen molar-refractivity contribution in [1.82, 2.24) is 29.6 Å². The quantitative estimate of drug-likeness (QED) is 0.751. The number of fused-ring (bicyclic) bond motifs is 1. The van der Waals surface area contributed by atoms with Crippen LogP contribution in [0.1, 0.15) is 25.7 Å². The average molecular weight is 326 g/mol. The van der Waals surface area contributed by atoms with Gasteiger partial charge in [-0.2, -0.15) is 5.10 Å². The maximum absolute atomic E-state index is 12.4. The number of para-hydroxylation sites is 1. The monoisotopic (exact) mass is 326 g/mol. The molecule has 0 aliphatic carbocycles. The molecule has 1 amide bonds. The SMILES string of the molecule is CCn1ncnc1[C@@H](C)NC(=O)Cn1cnc2ccccc2c1=O. The zero-order valence-corrected chi connectivity index (χ0v) is 13.5. The molecule has 8 heteroatoms. The maximum Gasteiger partial charge on any atom is 0.261 e. The first-order valence-corrected chi connectivity index (χ1v) is 7.71. The Bertz CT molecular complexity index is 929. The Kier molecular flexibility index (Phi) is 4.37. The van der Waals surface area contributed by atoms with Crippen LogP contribution in [0.3, 0.4) is 0 Å². The van der Waals surface area contributed by atoms with Crippen molar-refractivity contribution in [3.8, 4) is 0 Å². The standard InChI is InChI=1S/C16H18N6O2/c1-3-22-15(17-9-19-22)11(2)20-14(23)8-21-10-18-13-7-5-4-6-12(13)16(21)24/h4-7,9-11H,3,8H2,1-2H3,(H,20,23)/t11-/m1/s1. The highest BCUT2D eigenvalue weighted by Crippen LogP contribution is 2.08. The molecule has 8 nitrogen and oxygen atoms in total. The number of aryl methyl sites for hydroxylation is 1. The van der Waals surface area contributed by atoms with Crippen LogP contribution in [0.4, 0.5) is 0 Å². The number of benzene rings is 1. The van der Waals surface area contributed by atoms with Gasteiger partial charge in [-0.25, -0.2) is 14.6 Å². The molecule has 0 spiro atoms. The Hall–Kier alpha value is -3.03. The van der Waals surface area contributed by atoms with E-state index >= 15 is 0 Å². The second-order valence-electron chi connectivity index (χ2n) is 5.42. The van der Waals surface area contributed by atoms with Crippen molar-refractivity contribution in [1.29, 1.82) is 0 Å². The molecule has 1 atom stereocenters. The molecule has 0 aliphatic heterocycles. The smallest absolute Gasteiger partial charge is 0.261 e. The van der Waals surface area contributed by atoms with Gasteiger partial charge in [-0.3, -0.25) is 14.2 Å².